The van der Waals surface area contributed by atoms with E-state index in [1.807, 2.05) is 12.1 Å². The summed E-state index contributed by atoms with van der Waals surface area (Å²) in [6, 6.07) is 12.2. The minimum atomic E-state index is -0.475. The normalized spacial score (nSPS) is 14.0. The van der Waals surface area contributed by atoms with Gasteiger partial charge in [0.25, 0.3) is 5.69 Å². The predicted molar refractivity (Wildman–Crippen MR) is 110 cm³/mol. The van der Waals surface area contributed by atoms with Crippen LogP contribution >= 0.6 is 23.8 Å². The van der Waals surface area contributed by atoms with E-state index < -0.39 is 4.92 Å². The Bertz CT molecular complexity index is 807. The van der Waals surface area contributed by atoms with Gasteiger partial charge in [0.15, 0.2) is 5.11 Å². The molecule has 1 saturated heterocycles. The number of nitrogens with zero attached hydrogens (tertiary/aromatic N) is 2. The highest BCUT2D eigenvalue weighted by atomic mass is 35.5. The van der Waals surface area contributed by atoms with Gasteiger partial charge in [0, 0.05) is 36.6 Å². The van der Waals surface area contributed by atoms with Crippen LogP contribution in [0.5, 0.6) is 0 Å². The summed E-state index contributed by atoms with van der Waals surface area (Å²) in [5.41, 5.74) is 2.38. The standard InChI is InChI=1S/C18H19ClN4O2S/c19-16-9-8-15(23(24)25)12-17(16)21-18(26)20-13-4-6-14(7-5-13)22-10-2-1-3-11-22/h4-9,12H,1-3,10-11H2,(H2,20,21,26). The van der Waals surface area contributed by atoms with Crippen molar-refractivity contribution in [3.63, 3.8) is 0 Å². The Labute approximate surface area is 162 Å². The molecule has 0 atom stereocenters. The lowest BCUT2D eigenvalue weighted by Crippen LogP contribution is -2.29. The van der Waals surface area contributed by atoms with Crippen LogP contribution in [0.15, 0.2) is 42.5 Å². The largest absolute Gasteiger partial charge is 0.372 e. The fraction of sp³-hybridized carbons (Fsp3) is 0.278. The maximum atomic E-state index is 10.9. The van der Waals surface area contributed by atoms with Crippen LogP contribution in [-0.2, 0) is 0 Å². The Morgan fingerprint density at radius 3 is 2.42 bits per heavy atom. The van der Waals surface area contributed by atoms with Crippen molar-refractivity contribution in [3.8, 4) is 0 Å². The van der Waals surface area contributed by atoms with Crippen molar-refractivity contribution in [2.75, 3.05) is 28.6 Å². The molecule has 0 aliphatic carbocycles. The SMILES string of the molecule is O=[N+]([O-])c1ccc(Cl)c(NC(=S)Nc2ccc(N3CCCCC3)cc2)c1. The fourth-order valence-electron chi connectivity index (χ4n) is 2.91. The zero-order valence-electron chi connectivity index (χ0n) is 14.1. The van der Waals surface area contributed by atoms with Crippen LogP contribution in [0.25, 0.3) is 0 Å². The lowest BCUT2D eigenvalue weighted by atomic mass is 10.1. The van der Waals surface area contributed by atoms with Crippen LogP contribution in [0.1, 0.15) is 19.3 Å². The molecule has 0 spiro atoms. The molecule has 0 saturated carbocycles. The molecule has 2 aromatic carbocycles. The highest BCUT2D eigenvalue weighted by molar-refractivity contribution is 7.80. The van der Waals surface area contributed by atoms with Crippen molar-refractivity contribution in [2.45, 2.75) is 19.3 Å². The molecule has 3 rings (SSSR count). The number of thiocarbonyl (C=S) groups is 1. The molecule has 2 aromatic rings. The smallest absolute Gasteiger partial charge is 0.271 e. The van der Waals surface area contributed by atoms with Gasteiger partial charge in [-0.15, -0.1) is 0 Å². The van der Waals surface area contributed by atoms with Crippen LogP contribution in [0.4, 0.5) is 22.7 Å². The van der Waals surface area contributed by atoms with Crippen molar-refractivity contribution >= 4 is 51.7 Å². The van der Waals surface area contributed by atoms with Crippen LogP contribution in [0, 0.1) is 10.1 Å². The number of nitro benzene ring substituents is 1. The zero-order valence-corrected chi connectivity index (χ0v) is 15.6. The van der Waals surface area contributed by atoms with Crippen LogP contribution < -0.4 is 15.5 Å². The topological polar surface area (TPSA) is 70.4 Å². The molecular weight excluding hydrogens is 372 g/mol. The van der Waals surface area contributed by atoms with E-state index >= 15 is 0 Å². The number of hydrogen-bond donors (Lipinski definition) is 2. The highest BCUT2D eigenvalue weighted by Gasteiger charge is 2.12. The van der Waals surface area contributed by atoms with E-state index in [1.165, 1.54) is 43.1 Å². The average molecular weight is 391 g/mol. The Morgan fingerprint density at radius 1 is 1.08 bits per heavy atom. The first kappa shape index (κ1) is 18.4. The molecule has 0 bridgehead atoms. The molecule has 1 heterocycles. The summed E-state index contributed by atoms with van der Waals surface area (Å²) in [7, 11) is 0. The second-order valence-electron chi connectivity index (χ2n) is 6.09. The van der Waals surface area contributed by atoms with E-state index in [9.17, 15) is 10.1 Å². The molecule has 0 radical (unpaired) electrons. The molecule has 8 heteroatoms. The molecule has 26 heavy (non-hydrogen) atoms. The monoisotopic (exact) mass is 390 g/mol. The van der Waals surface area contributed by atoms with Gasteiger partial charge in [0.2, 0.25) is 0 Å². The van der Waals surface area contributed by atoms with Gasteiger partial charge in [0.1, 0.15) is 0 Å². The second-order valence-corrected chi connectivity index (χ2v) is 6.91. The molecule has 0 amide bonds. The number of halogens is 1. The number of anilines is 3. The first-order valence-electron chi connectivity index (χ1n) is 8.40. The minimum absolute atomic E-state index is 0.0504. The summed E-state index contributed by atoms with van der Waals surface area (Å²) in [5, 5.41) is 17.5. The third-order valence-electron chi connectivity index (χ3n) is 4.26. The zero-order chi connectivity index (χ0) is 18.5. The van der Waals surface area contributed by atoms with Gasteiger partial charge in [-0.25, -0.2) is 0 Å². The molecule has 6 nitrogen and oxygen atoms in total. The molecule has 1 fully saturated rings. The van der Waals surface area contributed by atoms with Gasteiger partial charge >= 0.3 is 0 Å². The van der Waals surface area contributed by atoms with Gasteiger partial charge in [-0.05, 0) is 61.8 Å². The predicted octanol–water partition coefficient (Wildman–Crippen LogP) is 5.05. The van der Waals surface area contributed by atoms with Crippen molar-refractivity contribution in [3.05, 3.63) is 57.6 Å². The van der Waals surface area contributed by atoms with Crippen LogP contribution in [0.3, 0.4) is 0 Å². The van der Waals surface area contributed by atoms with Crippen molar-refractivity contribution < 1.29 is 4.92 Å². The Morgan fingerprint density at radius 2 is 1.77 bits per heavy atom. The Kier molecular flexibility index (Phi) is 5.90. The second kappa shape index (κ2) is 8.33. The molecular formula is C18H19ClN4O2S. The van der Waals surface area contributed by atoms with Crippen molar-refractivity contribution in [1.82, 2.24) is 0 Å². The van der Waals surface area contributed by atoms with Gasteiger partial charge in [-0.2, -0.15) is 0 Å². The number of nitrogens with one attached hydrogen (secondary N) is 2. The van der Waals surface area contributed by atoms with E-state index in [2.05, 4.69) is 27.7 Å². The van der Waals surface area contributed by atoms with E-state index in [0.717, 1.165) is 18.8 Å². The van der Waals surface area contributed by atoms with E-state index in [0.29, 0.717) is 15.8 Å². The number of nitro groups is 1. The van der Waals surface area contributed by atoms with E-state index in [4.69, 9.17) is 23.8 Å². The molecule has 0 unspecified atom stereocenters. The van der Waals surface area contributed by atoms with Crippen LogP contribution in [-0.4, -0.2) is 23.1 Å². The van der Waals surface area contributed by atoms with Crippen molar-refractivity contribution in [2.24, 2.45) is 0 Å². The molecule has 136 valence electrons. The van der Waals surface area contributed by atoms with Gasteiger partial charge in [0.05, 0.1) is 15.6 Å². The number of benzene rings is 2. The number of piperidine rings is 1. The number of hydrogen-bond acceptors (Lipinski definition) is 4. The summed E-state index contributed by atoms with van der Waals surface area (Å²) >= 11 is 11.4. The van der Waals surface area contributed by atoms with Gasteiger partial charge in [-0.3, -0.25) is 10.1 Å². The van der Waals surface area contributed by atoms with E-state index in [1.54, 1.807) is 0 Å². The van der Waals surface area contributed by atoms with Crippen LogP contribution in [0.2, 0.25) is 5.02 Å². The summed E-state index contributed by atoms with van der Waals surface area (Å²) in [6.45, 7) is 2.19. The molecule has 0 aromatic heterocycles. The molecule has 1 aliphatic rings. The quantitative estimate of drug-likeness (QED) is 0.432. The Balaban J connectivity index is 1.63. The maximum absolute atomic E-state index is 10.9. The third kappa shape index (κ3) is 4.62. The number of rotatable bonds is 4. The first-order chi connectivity index (χ1) is 12.5. The lowest BCUT2D eigenvalue weighted by Gasteiger charge is -2.28. The summed E-state index contributed by atoms with van der Waals surface area (Å²) < 4.78 is 0. The fourth-order valence-corrected chi connectivity index (χ4v) is 3.31. The van der Waals surface area contributed by atoms with Gasteiger partial charge in [-0.1, -0.05) is 11.6 Å². The molecule has 1 aliphatic heterocycles. The summed E-state index contributed by atoms with van der Waals surface area (Å²) in [4.78, 5) is 12.8. The lowest BCUT2D eigenvalue weighted by molar-refractivity contribution is -0.384. The maximum Gasteiger partial charge on any atom is 0.271 e. The number of non-ortho nitro benzene ring substituents is 1. The summed E-state index contributed by atoms with van der Waals surface area (Å²) in [5.74, 6) is 0. The average Bonchev–Trinajstić information content (AvgIpc) is 2.64. The summed E-state index contributed by atoms with van der Waals surface area (Å²) in [6.07, 6.45) is 3.77. The first-order valence-corrected chi connectivity index (χ1v) is 9.18. The third-order valence-corrected chi connectivity index (χ3v) is 4.79. The van der Waals surface area contributed by atoms with Gasteiger partial charge < -0.3 is 15.5 Å². The Hall–Kier alpha value is -2.38. The van der Waals surface area contributed by atoms with Crippen molar-refractivity contribution in [1.29, 1.82) is 0 Å². The molecule has 2 N–H and O–H groups in total. The highest BCUT2D eigenvalue weighted by Crippen LogP contribution is 2.27. The van der Waals surface area contributed by atoms with E-state index in [-0.39, 0.29) is 5.69 Å². The minimum Gasteiger partial charge on any atom is -0.372 e.